The maximum atomic E-state index is 10.1. The van der Waals surface area contributed by atoms with Gasteiger partial charge in [-0.25, -0.2) is 0 Å². The minimum atomic E-state index is -0.180. The van der Waals surface area contributed by atoms with Crippen molar-refractivity contribution in [2.24, 2.45) is 5.92 Å². The summed E-state index contributed by atoms with van der Waals surface area (Å²) in [6.07, 6.45) is 8.32. The molecule has 0 bridgehead atoms. The zero-order chi connectivity index (χ0) is 10.7. The van der Waals surface area contributed by atoms with Crippen LogP contribution in [0.2, 0.25) is 0 Å². The molecule has 82 valence electrons. The smallest absolute Gasteiger partial charge is 0.0619 e. The lowest BCUT2D eigenvalue weighted by Crippen LogP contribution is -2.23. The summed E-state index contributed by atoms with van der Waals surface area (Å²) in [5.74, 6) is 0.455. The molecule has 0 saturated carbocycles. The summed E-state index contributed by atoms with van der Waals surface area (Å²) in [7, 11) is 0. The van der Waals surface area contributed by atoms with E-state index >= 15 is 0 Å². The standard InChI is InChI=1S/C12H15BrOS/c13-10-6-11(15-8-10)7-12(14)9-4-2-1-3-5-9/h1-2,6,8-9,12,14H,3-5,7H2. The number of thiophene rings is 1. The van der Waals surface area contributed by atoms with Crippen LogP contribution in [-0.2, 0) is 6.42 Å². The maximum absolute atomic E-state index is 10.1. The molecule has 3 heteroatoms. The Bertz CT molecular complexity index is 345. The first-order chi connectivity index (χ1) is 7.25. The molecular weight excluding hydrogens is 272 g/mol. The minimum absolute atomic E-state index is 0.180. The molecule has 1 aromatic heterocycles. The average molecular weight is 287 g/mol. The lowest BCUT2D eigenvalue weighted by Gasteiger charge is -2.23. The van der Waals surface area contributed by atoms with Crippen LogP contribution < -0.4 is 0 Å². The van der Waals surface area contributed by atoms with Gasteiger partial charge < -0.3 is 5.11 Å². The van der Waals surface area contributed by atoms with Crippen LogP contribution in [0.5, 0.6) is 0 Å². The first-order valence-corrected chi connectivity index (χ1v) is 6.99. The number of allylic oxidation sites excluding steroid dienone is 2. The third-order valence-electron chi connectivity index (χ3n) is 2.89. The molecule has 0 radical (unpaired) electrons. The summed E-state index contributed by atoms with van der Waals surface area (Å²) in [5.41, 5.74) is 0. The van der Waals surface area contributed by atoms with Crippen LogP contribution in [0.1, 0.15) is 24.1 Å². The van der Waals surface area contributed by atoms with Crippen molar-refractivity contribution in [3.05, 3.63) is 32.9 Å². The molecule has 2 rings (SSSR count). The Labute approximate surface area is 103 Å². The zero-order valence-corrected chi connectivity index (χ0v) is 10.9. The number of aliphatic hydroxyl groups is 1. The third kappa shape index (κ3) is 3.16. The number of hydrogen-bond acceptors (Lipinski definition) is 2. The summed E-state index contributed by atoms with van der Waals surface area (Å²) in [4.78, 5) is 1.27. The van der Waals surface area contributed by atoms with Gasteiger partial charge in [0.1, 0.15) is 0 Å². The van der Waals surface area contributed by atoms with Gasteiger partial charge in [-0.15, -0.1) is 11.3 Å². The molecule has 1 aromatic rings. The SMILES string of the molecule is OC(Cc1cc(Br)cs1)C1CC=CCC1. The van der Waals surface area contributed by atoms with E-state index < -0.39 is 0 Å². The largest absolute Gasteiger partial charge is 0.392 e. The Hall–Kier alpha value is -0.120. The van der Waals surface area contributed by atoms with E-state index in [0.29, 0.717) is 5.92 Å². The summed E-state index contributed by atoms with van der Waals surface area (Å²) < 4.78 is 1.12. The fourth-order valence-corrected chi connectivity index (χ4v) is 3.50. The van der Waals surface area contributed by atoms with Crippen molar-refractivity contribution in [3.8, 4) is 0 Å². The van der Waals surface area contributed by atoms with Crippen LogP contribution in [0.25, 0.3) is 0 Å². The van der Waals surface area contributed by atoms with Gasteiger partial charge in [0.05, 0.1) is 6.10 Å². The molecule has 15 heavy (non-hydrogen) atoms. The van der Waals surface area contributed by atoms with Crippen LogP contribution in [0.3, 0.4) is 0 Å². The van der Waals surface area contributed by atoms with Crippen molar-refractivity contribution < 1.29 is 5.11 Å². The quantitative estimate of drug-likeness (QED) is 0.839. The molecule has 1 nitrogen and oxygen atoms in total. The summed E-state index contributed by atoms with van der Waals surface area (Å²) in [6, 6.07) is 2.10. The number of aliphatic hydroxyl groups excluding tert-OH is 1. The van der Waals surface area contributed by atoms with Gasteiger partial charge in [-0.1, -0.05) is 12.2 Å². The normalized spacial score (nSPS) is 22.9. The van der Waals surface area contributed by atoms with Gasteiger partial charge in [0.15, 0.2) is 0 Å². The topological polar surface area (TPSA) is 20.2 Å². The van der Waals surface area contributed by atoms with E-state index in [0.717, 1.165) is 30.2 Å². The highest BCUT2D eigenvalue weighted by molar-refractivity contribution is 9.10. The maximum Gasteiger partial charge on any atom is 0.0619 e. The van der Waals surface area contributed by atoms with E-state index in [1.54, 1.807) is 11.3 Å². The Morgan fingerprint density at radius 1 is 1.53 bits per heavy atom. The molecule has 1 heterocycles. The van der Waals surface area contributed by atoms with Gasteiger partial charge in [-0.2, -0.15) is 0 Å². The van der Waals surface area contributed by atoms with E-state index in [1.807, 2.05) is 0 Å². The van der Waals surface area contributed by atoms with Crippen molar-refractivity contribution in [2.75, 3.05) is 0 Å². The van der Waals surface area contributed by atoms with E-state index in [-0.39, 0.29) is 6.10 Å². The Morgan fingerprint density at radius 3 is 3.00 bits per heavy atom. The van der Waals surface area contributed by atoms with E-state index in [4.69, 9.17) is 0 Å². The van der Waals surface area contributed by atoms with Gasteiger partial charge in [-0.05, 0) is 47.2 Å². The number of rotatable bonds is 3. The van der Waals surface area contributed by atoms with Crippen LogP contribution in [0, 0.1) is 5.92 Å². The first-order valence-electron chi connectivity index (χ1n) is 5.31. The van der Waals surface area contributed by atoms with Crippen LogP contribution in [0.4, 0.5) is 0 Å². The van der Waals surface area contributed by atoms with Gasteiger partial charge in [0, 0.05) is 21.2 Å². The average Bonchev–Trinajstić information content (AvgIpc) is 2.65. The van der Waals surface area contributed by atoms with E-state index in [2.05, 4.69) is 39.5 Å². The zero-order valence-electron chi connectivity index (χ0n) is 8.53. The van der Waals surface area contributed by atoms with Crippen LogP contribution >= 0.6 is 27.3 Å². The second-order valence-corrected chi connectivity index (χ2v) is 5.96. The minimum Gasteiger partial charge on any atom is -0.392 e. The highest BCUT2D eigenvalue weighted by Crippen LogP contribution is 2.27. The molecule has 0 fully saturated rings. The molecule has 0 saturated heterocycles. The molecule has 1 aliphatic rings. The Balaban J connectivity index is 1.91. The third-order valence-corrected chi connectivity index (χ3v) is 4.61. The van der Waals surface area contributed by atoms with Crippen molar-refractivity contribution in [1.29, 1.82) is 0 Å². The highest BCUT2D eigenvalue weighted by atomic mass is 79.9. The highest BCUT2D eigenvalue weighted by Gasteiger charge is 2.20. The van der Waals surface area contributed by atoms with Gasteiger partial charge in [0.2, 0.25) is 0 Å². The molecular formula is C12H15BrOS. The molecule has 0 amide bonds. The van der Waals surface area contributed by atoms with Crippen LogP contribution in [0.15, 0.2) is 28.1 Å². The Morgan fingerprint density at radius 2 is 2.40 bits per heavy atom. The molecule has 2 unspecified atom stereocenters. The summed E-state index contributed by atoms with van der Waals surface area (Å²) in [5, 5.41) is 12.2. The molecule has 1 aliphatic carbocycles. The van der Waals surface area contributed by atoms with Gasteiger partial charge in [-0.3, -0.25) is 0 Å². The number of hydrogen-bond donors (Lipinski definition) is 1. The lowest BCUT2D eigenvalue weighted by atomic mass is 9.88. The van der Waals surface area contributed by atoms with Crippen molar-refractivity contribution in [1.82, 2.24) is 0 Å². The summed E-state index contributed by atoms with van der Waals surface area (Å²) in [6.45, 7) is 0. The van der Waals surface area contributed by atoms with E-state index in [9.17, 15) is 5.11 Å². The van der Waals surface area contributed by atoms with Crippen LogP contribution in [-0.4, -0.2) is 11.2 Å². The van der Waals surface area contributed by atoms with Crippen molar-refractivity contribution in [3.63, 3.8) is 0 Å². The monoisotopic (exact) mass is 286 g/mol. The first kappa shape index (κ1) is 11.4. The van der Waals surface area contributed by atoms with E-state index in [1.165, 1.54) is 4.88 Å². The second kappa shape index (κ2) is 5.28. The summed E-state index contributed by atoms with van der Waals surface area (Å²) >= 11 is 5.15. The van der Waals surface area contributed by atoms with Crippen molar-refractivity contribution >= 4 is 27.3 Å². The predicted octanol–water partition coefficient (Wildman–Crippen LogP) is 3.77. The molecule has 1 N–H and O–H groups in total. The fraction of sp³-hybridized carbons (Fsp3) is 0.500. The lowest BCUT2D eigenvalue weighted by molar-refractivity contribution is 0.103. The molecule has 2 atom stereocenters. The van der Waals surface area contributed by atoms with Crippen molar-refractivity contribution in [2.45, 2.75) is 31.8 Å². The number of halogens is 1. The second-order valence-electron chi connectivity index (χ2n) is 4.05. The van der Waals surface area contributed by atoms with Gasteiger partial charge in [0.25, 0.3) is 0 Å². The molecule has 0 spiro atoms. The molecule has 0 aromatic carbocycles. The Kier molecular flexibility index (Phi) is 4.00. The van der Waals surface area contributed by atoms with Gasteiger partial charge >= 0.3 is 0 Å². The molecule has 0 aliphatic heterocycles. The fourth-order valence-electron chi connectivity index (χ4n) is 2.00. The predicted molar refractivity (Wildman–Crippen MR) is 68.2 cm³/mol.